The van der Waals surface area contributed by atoms with E-state index >= 15 is 0 Å². The molecule has 0 saturated heterocycles. The lowest BCUT2D eigenvalue weighted by Crippen LogP contribution is -2.51. The van der Waals surface area contributed by atoms with Gasteiger partial charge in [-0.3, -0.25) is 9.59 Å². The highest BCUT2D eigenvalue weighted by Crippen LogP contribution is 2.61. The lowest BCUT2D eigenvalue weighted by Gasteiger charge is -2.51. The Hall–Kier alpha value is -4.98. The first kappa shape index (κ1) is 27.6. The van der Waals surface area contributed by atoms with Crippen molar-refractivity contribution >= 4 is 11.6 Å². The number of ether oxygens (including phenoxy) is 3. The number of carbonyl (C=O) groups excluding carboxylic acids is 2. The number of rotatable bonds is 9. The first-order chi connectivity index (χ1) is 19.8. The molecule has 0 aromatic heterocycles. The van der Waals surface area contributed by atoms with Gasteiger partial charge in [0.15, 0.2) is 11.6 Å². The quantitative estimate of drug-likeness (QED) is 0.225. The largest absolute Gasteiger partial charge is 0.508 e. The van der Waals surface area contributed by atoms with Crippen molar-refractivity contribution in [3.8, 4) is 34.5 Å². The van der Waals surface area contributed by atoms with Crippen molar-refractivity contribution < 1.29 is 39.1 Å². The summed E-state index contributed by atoms with van der Waals surface area (Å²) in [4.78, 5) is 29.0. The minimum absolute atomic E-state index is 0.00605. The number of carbonyl (C=O) groups is 2. The maximum absolute atomic E-state index is 14.6. The molecular weight excluding hydrogens is 524 g/mol. The Morgan fingerprint density at radius 3 is 1.34 bits per heavy atom. The second-order valence-corrected chi connectivity index (χ2v) is 9.92. The molecule has 210 valence electrons. The van der Waals surface area contributed by atoms with E-state index in [0.717, 1.165) is 17.2 Å². The van der Waals surface area contributed by atoms with Crippen LogP contribution in [0, 0.1) is 11.8 Å². The zero-order valence-corrected chi connectivity index (χ0v) is 22.8. The van der Waals surface area contributed by atoms with Crippen LogP contribution < -0.4 is 14.2 Å². The van der Waals surface area contributed by atoms with Crippen molar-refractivity contribution in [1.29, 1.82) is 0 Å². The minimum Gasteiger partial charge on any atom is -0.508 e. The summed E-state index contributed by atoms with van der Waals surface area (Å²) in [6, 6.07) is 23.9. The predicted molar refractivity (Wildman–Crippen MR) is 152 cm³/mol. The van der Waals surface area contributed by atoms with Crippen LogP contribution in [-0.4, -0.2) is 48.2 Å². The van der Waals surface area contributed by atoms with E-state index in [4.69, 9.17) is 14.2 Å². The molecule has 0 aliphatic heterocycles. The van der Waals surface area contributed by atoms with Gasteiger partial charge in [0.25, 0.3) is 0 Å². The summed E-state index contributed by atoms with van der Waals surface area (Å²) in [5.74, 6) is -4.25. The van der Waals surface area contributed by atoms with Gasteiger partial charge in [-0.15, -0.1) is 0 Å². The number of phenolic OH excluding ortho intramolecular Hbond substituents is 3. The summed E-state index contributed by atoms with van der Waals surface area (Å²) < 4.78 is 16.3. The SMILES string of the molecule is COc1cc(O)cc(O)c1C(=O)C1C(C(=O)c2c(OC)cc(O)cc2OC)C(c2ccccc2)C1c1ccccc1. The molecule has 8 heteroatoms. The summed E-state index contributed by atoms with van der Waals surface area (Å²) >= 11 is 0. The lowest BCUT2D eigenvalue weighted by molar-refractivity contribution is 0.0448. The Bertz CT molecular complexity index is 1560. The van der Waals surface area contributed by atoms with Gasteiger partial charge in [-0.05, 0) is 11.1 Å². The molecule has 4 atom stereocenters. The van der Waals surface area contributed by atoms with E-state index in [1.165, 1.54) is 39.5 Å². The van der Waals surface area contributed by atoms with Gasteiger partial charge in [-0.2, -0.15) is 0 Å². The molecule has 0 bridgehead atoms. The monoisotopic (exact) mass is 554 g/mol. The van der Waals surface area contributed by atoms with Crippen molar-refractivity contribution in [2.45, 2.75) is 11.8 Å². The van der Waals surface area contributed by atoms with Crippen LogP contribution in [0.4, 0.5) is 0 Å². The van der Waals surface area contributed by atoms with Gasteiger partial charge in [0.1, 0.15) is 45.6 Å². The number of hydrogen-bond donors (Lipinski definition) is 3. The number of benzene rings is 4. The summed E-state index contributed by atoms with van der Waals surface area (Å²) in [7, 11) is 4.10. The smallest absolute Gasteiger partial charge is 0.174 e. The molecule has 4 aromatic rings. The molecular formula is C33H30O8. The average molecular weight is 555 g/mol. The van der Waals surface area contributed by atoms with Gasteiger partial charge < -0.3 is 29.5 Å². The number of methoxy groups -OCH3 is 3. The maximum Gasteiger partial charge on any atom is 0.174 e. The fourth-order valence-corrected chi connectivity index (χ4v) is 6.05. The molecule has 3 N–H and O–H groups in total. The Morgan fingerprint density at radius 1 is 0.561 bits per heavy atom. The normalized spacial score (nSPS) is 19.6. The number of Topliss-reactive ketones (excluding diaryl/α,β-unsaturated/α-hetero) is 2. The topological polar surface area (TPSA) is 123 Å². The summed E-state index contributed by atoms with van der Waals surface area (Å²) in [5, 5.41) is 31.0. The molecule has 1 aliphatic rings. The van der Waals surface area contributed by atoms with Crippen molar-refractivity contribution in [3.05, 3.63) is 107 Å². The Kier molecular flexibility index (Phi) is 7.57. The zero-order chi connectivity index (χ0) is 29.3. The minimum atomic E-state index is -0.928. The lowest BCUT2D eigenvalue weighted by atomic mass is 9.49. The molecule has 4 unspecified atom stereocenters. The first-order valence-electron chi connectivity index (χ1n) is 13.0. The molecule has 1 aliphatic carbocycles. The zero-order valence-electron chi connectivity index (χ0n) is 22.8. The fraction of sp³-hybridized carbons (Fsp3) is 0.212. The van der Waals surface area contributed by atoms with Crippen LogP contribution in [0.3, 0.4) is 0 Å². The van der Waals surface area contributed by atoms with Gasteiger partial charge in [-0.25, -0.2) is 0 Å². The van der Waals surface area contributed by atoms with Crippen LogP contribution in [0.15, 0.2) is 84.9 Å². The van der Waals surface area contributed by atoms with E-state index in [9.17, 15) is 24.9 Å². The molecule has 8 nitrogen and oxygen atoms in total. The van der Waals surface area contributed by atoms with Gasteiger partial charge in [0.2, 0.25) is 0 Å². The van der Waals surface area contributed by atoms with Crippen LogP contribution in [0.25, 0.3) is 0 Å². The van der Waals surface area contributed by atoms with E-state index in [1.807, 2.05) is 60.7 Å². The van der Waals surface area contributed by atoms with Crippen LogP contribution in [-0.2, 0) is 0 Å². The average Bonchev–Trinajstić information content (AvgIpc) is 2.96. The number of aromatic hydroxyl groups is 3. The second-order valence-electron chi connectivity index (χ2n) is 9.92. The maximum atomic E-state index is 14.6. The summed E-state index contributed by atoms with van der Waals surface area (Å²) in [6.07, 6.45) is 0. The second kappa shape index (κ2) is 11.3. The predicted octanol–water partition coefficient (Wildman–Crippen LogP) is 5.71. The molecule has 0 spiro atoms. The molecule has 0 radical (unpaired) electrons. The van der Waals surface area contributed by atoms with Crippen LogP contribution in [0.2, 0.25) is 0 Å². The standard InChI is InChI=1S/C33H30O8/c1-39-23-15-20(34)14-22(36)28(23)32(37)30-26(18-10-6-4-7-11-18)27(19-12-8-5-9-13-19)31(30)33(38)29-24(40-2)16-21(35)17-25(29)41-3/h4-17,26-27,30-31,34-36H,1-3H3. The number of ketones is 2. The summed E-state index contributed by atoms with van der Waals surface area (Å²) in [5.41, 5.74) is 1.70. The highest BCUT2D eigenvalue weighted by molar-refractivity contribution is 6.11. The van der Waals surface area contributed by atoms with Crippen molar-refractivity contribution in [3.63, 3.8) is 0 Å². The van der Waals surface area contributed by atoms with E-state index < -0.39 is 41.0 Å². The van der Waals surface area contributed by atoms with Gasteiger partial charge >= 0.3 is 0 Å². The van der Waals surface area contributed by atoms with Crippen molar-refractivity contribution in [1.82, 2.24) is 0 Å². The van der Waals surface area contributed by atoms with Gasteiger partial charge in [0, 0.05) is 47.9 Å². The van der Waals surface area contributed by atoms with Crippen molar-refractivity contribution in [2.75, 3.05) is 21.3 Å². The molecule has 1 fully saturated rings. The van der Waals surface area contributed by atoms with Crippen LogP contribution in [0.1, 0.15) is 43.7 Å². The van der Waals surface area contributed by atoms with E-state index in [-0.39, 0.29) is 39.9 Å². The molecule has 0 heterocycles. The van der Waals surface area contributed by atoms with E-state index in [2.05, 4.69) is 0 Å². The summed E-state index contributed by atoms with van der Waals surface area (Å²) in [6.45, 7) is 0. The molecule has 5 rings (SSSR count). The Balaban J connectivity index is 1.74. The van der Waals surface area contributed by atoms with E-state index in [0.29, 0.717) is 0 Å². The third-order valence-electron chi connectivity index (χ3n) is 7.79. The third-order valence-corrected chi connectivity index (χ3v) is 7.79. The van der Waals surface area contributed by atoms with Crippen LogP contribution >= 0.6 is 0 Å². The highest BCUT2D eigenvalue weighted by atomic mass is 16.5. The molecule has 4 aromatic carbocycles. The Labute approximate surface area is 237 Å². The number of phenols is 3. The van der Waals surface area contributed by atoms with Gasteiger partial charge in [-0.1, -0.05) is 60.7 Å². The fourth-order valence-electron chi connectivity index (χ4n) is 6.05. The van der Waals surface area contributed by atoms with E-state index in [1.54, 1.807) is 0 Å². The Morgan fingerprint density at radius 2 is 0.927 bits per heavy atom. The highest BCUT2D eigenvalue weighted by Gasteiger charge is 2.59. The molecule has 41 heavy (non-hydrogen) atoms. The first-order valence-corrected chi connectivity index (χ1v) is 13.0. The van der Waals surface area contributed by atoms with Crippen molar-refractivity contribution in [2.24, 2.45) is 11.8 Å². The van der Waals surface area contributed by atoms with Crippen LogP contribution in [0.5, 0.6) is 34.5 Å². The molecule has 0 amide bonds. The molecule has 1 saturated carbocycles. The third kappa shape index (κ3) is 4.82. The number of hydrogen-bond acceptors (Lipinski definition) is 8. The van der Waals surface area contributed by atoms with Gasteiger partial charge in [0.05, 0.1) is 21.3 Å².